The highest BCUT2D eigenvalue weighted by Crippen LogP contribution is 2.36. The highest BCUT2D eigenvalue weighted by atomic mass is 19.4. The minimum absolute atomic E-state index is 0.0898. The molecule has 5 heteroatoms. The van der Waals surface area contributed by atoms with Crippen LogP contribution in [0.3, 0.4) is 0 Å². The molecular formula is C13H15F4N. The van der Waals surface area contributed by atoms with Gasteiger partial charge in [-0.1, -0.05) is 5.57 Å². The van der Waals surface area contributed by atoms with Gasteiger partial charge in [0.05, 0.1) is 5.56 Å². The van der Waals surface area contributed by atoms with Crippen LogP contribution in [0, 0.1) is 5.82 Å². The number of hydrogen-bond acceptors (Lipinski definition) is 1. The highest BCUT2D eigenvalue weighted by Gasteiger charge is 2.35. The van der Waals surface area contributed by atoms with Crippen LogP contribution < -0.4 is 5.32 Å². The quantitative estimate of drug-likeness (QED) is 0.636. The van der Waals surface area contributed by atoms with Crippen molar-refractivity contribution in [1.29, 1.82) is 0 Å². The maximum Gasteiger partial charge on any atom is 0.416 e. The van der Waals surface area contributed by atoms with Gasteiger partial charge in [-0.2, -0.15) is 13.2 Å². The van der Waals surface area contributed by atoms with Crippen LogP contribution in [0.2, 0.25) is 0 Å². The Labute approximate surface area is 104 Å². The molecule has 0 amide bonds. The molecule has 0 saturated heterocycles. The Hall–Kier alpha value is -1.36. The average Bonchev–Trinajstić information content (AvgIpc) is 2.23. The fraction of sp³-hybridized carbons (Fsp3) is 0.385. The van der Waals surface area contributed by atoms with Crippen LogP contribution in [0.1, 0.15) is 30.5 Å². The van der Waals surface area contributed by atoms with Gasteiger partial charge >= 0.3 is 6.18 Å². The van der Waals surface area contributed by atoms with E-state index in [0.29, 0.717) is 6.42 Å². The lowest BCUT2D eigenvalue weighted by Gasteiger charge is -2.21. The second kappa shape index (κ2) is 5.52. The number of rotatable bonds is 4. The molecule has 0 fully saturated rings. The third-order valence-corrected chi connectivity index (χ3v) is 2.60. The van der Waals surface area contributed by atoms with Crippen molar-refractivity contribution in [3.8, 4) is 0 Å². The largest absolute Gasteiger partial charge is 0.416 e. The van der Waals surface area contributed by atoms with Crippen molar-refractivity contribution in [2.24, 2.45) is 0 Å². The summed E-state index contributed by atoms with van der Waals surface area (Å²) in [7, 11) is 1.54. The number of benzene rings is 1. The Bertz CT molecular complexity index is 437. The van der Waals surface area contributed by atoms with Gasteiger partial charge in [0, 0.05) is 6.04 Å². The summed E-state index contributed by atoms with van der Waals surface area (Å²) in [5.41, 5.74) is -0.177. The zero-order valence-corrected chi connectivity index (χ0v) is 10.2. The molecule has 1 aromatic rings. The molecule has 0 aliphatic rings. The molecule has 1 nitrogen and oxygen atoms in total. The van der Waals surface area contributed by atoms with Crippen molar-refractivity contribution in [1.82, 2.24) is 5.32 Å². The lowest BCUT2D eigenvalue weighted by Crippen LogP contribution is -2.21. The lowest BCUT2D eigenvalue weighted by atomic mass is 9.95. The molecule has 1 atom stereocenters. The fourth-order valence-corrected chi connectivity index (χ4v) is 1.80. The molecular weight excluding hydrogens is 246 g/mol. The molecule has 0 bridgehead atoms. The Morgan fingerprint density at radius 3 is 2.44 bits per heavy atom. The topological polar surface area (TPSA) is 12.0 Å². The number of nitrogens with one attached hydrogen (secondary N) is 1. The van der Waals surface area contributed by atoms with Crippen LogP contribution in [-0.2, 0) is 6.18 Å². The Morgan fingerprint density at radius 2 is 2.00 bits per heavy atom. The van der Waals surface area contributed by atoms with E-state index in [9.17, 15) is 17.6 Å². The van der Waals surface area contributed by atoms with Gasteiger partial charge in [0.15, 0.2) is 0 Å². The molecule has 18 heavy (non-hydrogen) atoms. The SMILES string of the molecule is C=C(C)CC(NC)c1cc(F)ccc1C(F)(F)F. The van der Waals surface area contributed by atoms with Crippen LogP contribution in [0.15, 0.2) is 30.4 Å². The van der Waals surface area contributed by atoms with Gasteiger partial charge in [0.25, 0.3) is 0 Å². The summed E-state index contributed by atoms with van der Waals surface area (Å²) in [6.07, 6.45) is -4.17. The fourth-order valence-electron chi connectivity index (χ4n) is 1.80. The second-order valence-electron chi connectivity index (χ2n) is 4.23. The number of alkyl halides is 3. The molecule has 1 rings (SSSR count). The average molecular weight is 261 g/mol. The van der Waals surface area contributed by atoms with Crippen molar-refractivity contribution in [3.05, 3.63) is 47.3 Å². The minimum atomic E-state index is -4.49. The lowest BCUT2D eigenvalue weighted by molar-refractivity contribution is -0.138. The smallest absolute Gasteiger partial charge is 0.313 e. The van der Waals surface area contributed by atoms with E-state index in [0.717, 1.165) is 23.8 Å². The number of hydrogen-bond donors (Lipinski definition) is 1. The zero-order valence-electron chi connectivity index (χ0n) is 10.2. The van der Waals surface area contributed by atoms with E-state index in [-0.39, 0.29) is 5.56 Å². The van der Waals surface area contributed by atoms with E-state index in [2.05, 4.69) is 11.9 Å². The third-order valence-electron chi connectivity index (χ3n) is 2.60. The molecule has 0 saturated carbocycles. The first-order valence-corrected chi connectivity index (χ1v) is 5.44. The first kappa shape index (κ1) is 14.7. The zero-order chi connectivity index (χ0) is 13.9. The van der Waals surface area contributed by atoms with E-state index in [1.807, 2.05) is 0 Å². The van der Waals surface area contributed by atoms with Crippen LogP contribution >= 0.6 is 0 Å². The van der Waals surface area contributed by atoms with Crippen molar-refractivity contribution in [2.75, 3.05) is 7.05 Å². The molecule has 0 aromatic heterocycles. The summed E-state index contributed by atoms with van der Waals surface area (Å²) in [4.78, 5) is 0. The Morgan fingerprint density at radius 1 is 1.39 bits per heavy atom. The first-order chi connectivity index (χ1) is 8.25. The van der Waals surface area contributed by atoms with Crippen molar-refractivity contribution in [3.63, 3.8) is 0 Å². The van der Waals surface area contributed by atoms with Gasteiger partial charge in [0.2, 0.25) is 0 Å². The predicted molar refractivity (Wildman–Crippen MR) is 62.6 cm³/mol. The van der Waals surface area contributed by atoms with Crippen LogP contribution in [0.5, 0.6) is 0 Å². The Kier molecular flexibility index (Phi) is 4.51. The van der Waals surface area contributed by atoms with Crippen LogP contribution in [0.25, 0.3) is 0 Å². The summed E-state index contributed by atoms with van der Waals surface area (Å²) in [6, 6.07) is 1.91. The molecule has 1 N–H and O–H groups in total. The van der Waals surface area contributed by atoms with E-state index >= 15 is 0 Å². The second-order valence-corrected chi connectivity index (χ2v) is 4.23. The third kappa shape index (κ3) is 3.57. The molecule has 1 aromatic carbocycles. The summed E-state index contributed by atoms with van der Waals surface area (Å²) in [5, 5.41) is 2.76. The van der Waals surface area contributed by atoms with Gasteiger partial charge in [0.1, 0.15) is 5.82 Å². The maximum atomic E-state index is 13.2. The monoisotopic (exact) mass is 261 g/mol. The summed E-state index contributed by atoms with van der Waals surface area (Å²) < 4.78 is 51.7. The molecule has 100 valence electrons. The molecule has 1 unspecified atom stereocenters. The molecule has 0 radical (unpaired) electrons. The molecule has 0 spiro atoms. The van der Waals surface area contributed by atoms with Gasteiger partial charge < -0.3 is 5.32 Å². The van der Waals surface area contributed by atoms with Crippen molar-refractivity contribution < 1.29 is 17.6 Å². The normalized spacial score (nSPS) is 13.4. The van der Waals surface area contributed by atoms with E-state index < -0.39 is 23.6 Å². The summed E-state index contributed by atoms with van der Waals surface area (Å²) >= 11 is 0. The van der Waals surface area contributed by atoms with Crippen molar-refractivity contribution >= 4 is 0 Å². The van der Waals surface area contributed by atoms with Gasteiger partial charge in [-0.25, -0.2) is 4.39 Å². The van der Waals surface area contributed by atoms with Crippen LogP contribution in [0.4, 0.5) is 17.6 Å². The molecule has 0 aliphatic carbocycles. The summed E-state index contributed by atoms with van der Waals surface area (Å²) in [5.74, 6) is -0.681. The first-order valence-electron chi connectivity index (χ1n) is 5.44. The maximum absolute atomic E-state index is 13.2. The molecule has 0 aliphatic heterocycles. The standard InChI is InChI=1S/C13H15F4N/c1-8(2)6-12(18-3)10-7-9(14)4-5-11(10)13(15,16)17/h4-5,7,12,18H,1,6H2,2-3H3. The minimum Gasteiger partial charge on any atom is -0.313 e. The van der Waals surface area contributed by atoms with Gasteiger partial charge in [-0.05, 0) is 44.2 Å². The summed E-state index contributed by atoms with van der Waals surface area (Å²) in [6.45, 7) is 5.39. The van der Waals surface area contributed by atoms with Crippen molar-refractivity contribution in [2.45, 2.75) is 25.6 Å². The van der Waals surface area contributed by atoms with E-state index in [4.69, 9.17) is 0 Å². The van der Waals surface area contributed by atoms with Crippen LogP contribution in [-0.4, -0.2) is 7.05 Å². The van der Waals surface area contributed by atoms with E-state index in [1.54, 1.807) is 14.0 Å². The number of halogens is 4. The highest BCUT2D eigenvalue weighted by molar-refractivity contribution is 5.33. The van der Waals surface area contributed by atoms with Gasteiger partial charge in [-0.3, -0.25) is 0 Å². The molecule has 0 heterocycles. The van der Waals surface area contributed by atoms with Gasteiger partial charge in [-0.15, -0.1) is 6.58 Å². The predicted octanol–water partition coefficient (Wildman–Crippen LogP) is 4.07. The Balaban J connectivity index is 3.26. The van der Waals surface area contributed by atoms with E-state index in [1.165, 1.54) is 0 Å².